The Morgan fingerprint density at radius 2 is 2.35 bits per heavy atom. The number of halogens is 1. The van der Waals surface area contributed by atoms with Crippen molar-refractivity contribution in [1.82, 2.24) is 10.0 Å². The maximum absolute atomic E-state index is 13.4. The Bertz CT molecular complexity index is 640. The molecule has 0 bridgehead atoms. The van der Waals surface area contributed by atoms with Gasteiger partial charge in [0, 0.05) is 36.1 Å². The fourth-order valence-corrected chi connectivity index (χ4v) is 2.84. The van der Waals surface area contributed by atoms with E-state index in [1.165, 1.54) is 17.2 Å². The van der Waals surface area contributed by atoms with E-state index in [-0.39, 0.29) is 11.7 Å². The van der Waals surface area contributed by atoms with Gasteiger partial charge in [0.05, 0.1) is 0 Å². The van der Waals surface area contributed by atoms with Crippen molar-refractivity contribution in [3.63, 3.8) is 0 Å². The molecule has 1 atom stereocenters. The van der Waals surface area contributed by atoms with E-state index in [0.29, 0.717) is 13.1 Å². The highest BCUT2D eigenvalue weighted by Gasteiger charge is 2.25. The number of aromatic amines is 1. The molecule has 1 unspecified atom stereocenters. The quantitative estimate of drug-likeness (QED) is 0.886. The van der Waals surface area contributed by atoms with E-state index in [4.69, 9.17) is 9.94 Å². The van der Waals surface area contributed by atoms with Crippen LogP contribution in [0.25, 0.3) is 10.9 Å². The number of carboxylic acid groups (broad SMARTS) is 1. The predicted molar refractivity (Wildman–Crippen MR) is 70.9 cm³/mol. The summed E-state index contributed by atoms with van der Waals surface area (Å²) in [4.78, 5) is 18.4. The van der Waals surface area contributed by atoms with Crippen molar-refractivity contribution in [3.05, 3.63) is 35.8 Å². The largest absolute Gasteiger partial charge is 0.525 e. The molecule has 1 aliphatic rings. The second kappa shape index (κ2) is 5.13. The van der Waals surface area contributed by atoms with Crippen molar-refractivity contribution in [3.8, 4) is 0 Å². The van der Waals surface area contributed by atoms with Gasteiger partial charge >= 0.3 is 6.16 Å². The molecule has 2 aromatic rings. The molecule has 1 fully saturated rings. The van der Waals surface area contributed by atoms with Crippen LogP contribution in [0.1, 0.15) is 24.3 Å². The van der Waals surface area contributed by atoms with Gasteiger partial charge in [-0.3, -0.25) is 0 Å². The van der Waals surface area contributed by atoms with Crippen LogP contribution in [0, 0.1) is 5.82 Å². The van der Waals surface area contributed by atoms with Gasteiger partial charge < -0.3 is 14.9 Å². The summed E-state index contributed by atoms with van der Waals surface area (Å²) in [6, 6.07) is 4.64. The lowest BCUT2D eigenvalue weighted by molar-refractivity contribution is -0.133. The van der Waals surface area contributed by atoms with Gasteiger partial charge in [-0.05, 0) is 36.6 Å². The van der Waals surface area contributed by atoms with Crippen LogP contribution in [0.3, 0.4) is 0 Å². The number of aromatic nitrogens is 1. The number of benzene rings is 1. The van der Waals surface area contributed by atoms with Gasteiger partial charge in [0.25, 0.3) is 0 Å². The average Bonchev–Trinajstić information content (AvgIpc) is 2.81. The highest BCUT2D eigenvalue weighted by molar-refractivity contribution is 5.83. The fourth-order valence-electron chi connectivity index (χ4n) is 2.84. The Morgan fingerprint density at radius 1 is 1.50 bits per heavy atom. The maximum Gasteiger partial charge on any atom is 0.525 e. The first kappa shape index (κ1) is 12.9. The lowest BCUT2D eigenvalue weighted by Gasteiger charge is -2.30. The molecule has 3 rings (SSSR count). The van der Waals surface area contributed by atoms with Crippen molar-refractivity contribution >= 4 is 17.1 Å². The number of nitrogens with zero attached hydrogens (tertiary/aromatic N) is 1. The SMILES string of the molecule is O=C(O)ON1CCCC(c2c[nH]c3ccc(F)cc23)C1. The monoisotopic (exact) mass is 278 g/mol. The van der Waals surface area contributed by atoms with Crippen molar-refractivity contribution < 1.29 is 19.1 Å². The lowest BCUT2D eigenvalue weighted by Crippen LogP contribution is -2.35. The molecule has 20 heavy (non-hydrogen) atoms. The molecule has 0 saturated carbocycles. The summed E-state index contributed by atoms with van der Waals surface area (Å²) in [5, 5.41) is 11.0. The van der Waals surface area contributed by atoms with Crippen molar-refractivity contribution in [2.45, 2.75) is 18.8 Å². The number of rotatable bonds is 2. The maximum atomic E-state index is 13.4. The Balaban J connectivity index is 1.86. The average molecular weight is 278 g/mol. The zero-order chi connectivity index (χ0) is 14.1. The van der Waals surface area contributed by atoms with E-state index in [1.807, 2.05) is 6.20 Å². The highest BCUT2D eigenvalue weighted by atomic mass is 19.1. The van der Waals surface area contributed by atoms with Gasteiger partial charge in [0.15, 0.2) is 0 Å². The van der Waals surface area contributed by atoms with Gasteiger partial charge in [-0.25, -0.2) is 9.18 Å². The van der Waals surface area contributed by atoms with Crippen molar-refractivity contribution in [1.29, 1.82) is 0 Å². The summed E-state index contributed by atoms with van der Waals surface area (Å²) in [7, 11) is 0. The minimum Gasteiger partial charge on any atom is -0.448 e. The van der Waals surface area contributed by atoms with E-state index < -0.39 is 6.16 Å². The van der Waals surface area contributed by atoms with Crippen LogP contribution in [0.4, 0.5) is 9.18 Å². The summed E-state index contributed by atoms with van der Waals surface area (Å²) in [5.74, 6) is -0.133. The highest BCUT2D eigenvalue weighted by Crippen LogP contribution is 2.32. The lowest BCUT2D eigenvalue weighted by atomic mass is 9.91. The van der Waals surface area contributed by atoms with Crippen LogP contribution >= 0.6 is 0 Å². The van der Waals surface area contributed by atoms with Crippen LogP contribution in [-0.2, 0) is 4.84 Å². The summed E-state index contributed by atoms with van der Waals surface area (Å²) in [6.07, 6.45) is 2.36. The Kier molecular flexibility index (Phi) is 3.31. The molecule has 1 saturated heterocycles. The third-order valence-corrected chi connectivity index (χ3v) is 3.71. The molecule has 5 nitrogen and oxygen atoms in total. The van der Waals surface area contributed by atoms with E-state index in [9.17, 15) is 9.18 Å². The van der Waals surface area contributed by atoms with E-state index in [0.717, 1.165) is 29.3 Å². The van der Waals surface area contributed by atoms with Gasteiger partial charge in [-0.15, -0.1) is 5.06 Å². The zero-order valence-electron chi connectivity index (χ0n) is 10.8. The summed E-state index contributed by atoms with van der Waals surface area (Å²) in [5.41, 5.74) is 1.90. The second-order valence-corrected chi connectivity index (χ2v) is 5.02. The minimum atomic E-state index is -1.30. The number of hydrogen-bond acceptors (Lipinski definition) is 3. The number of fused-ring (bicyclic) bond motifs is 1. The van der Waals surface area contributed by atoms with Gasteiger partial charge in [-0.1, -0.05) is 0 Å². The first-order chi connectivity index (χ1) is 9.63. The first-order valence-electron chi connectivity index (χ1n) is 6.56. The summed E-state index contributed by atoms with van der Waals surface area (Å²) in [6.45, 7) is 1.09. The van der Waals surface area contributed by atoms with E-state index >= 15 is 0 Å². The summed E-state index contributed by atoms with van der Waals surface area (Å²) < 4.78 is 13.4. The molecule has 1 aliphatic heterocycles. The van der Waals surface area contributed by atoms with E-state index in [1.54, 1.807) is 6.07 Å². The Labute approximate surface area is 114 Å². The molecule has 0 radical (unpaired) electrons. The van der Waals surface area contributed by atoms with Crippen LogP contribution in [-0.4, -0.2) is 34.4 Å². The topological polar surface area (TPSA) is 65.6 Å². The molecular weight excluding hydrogens is 263 g/mol. The number of H-pyrrole nitrogens is 1. The zero-order valence-corrected chi connectivity index (χ0v) is 10.8. The van der Waals surface area contributed by atoms with Crippen LogP contribution in [0.5, 0.6) is 0 Å². The van der Waals surface area contributed by atoms with Gasteiger partial charge in [0.2, 0.25) is 0 Å². The van der Waals surface area contributed by atoms with Gasteiger partial charge in [-0.2, -0.15) is 0 Å². The fraction of sp³-hybridized carbons (Fsp3) is 0.357. The molecule has 106 valence electrons. The number of nitrogens with one attached hydrogen (secondary N) is 1. The molecule has 0 spiro atoms. The Morgan fingerprint density at radius 3 is 3.15 bits per heavy atom. The molecule has 6 heteroatoms. The summed E-state index contributed by atoms with van der Waals surface area (Å²) >= 11 is 0. The Hall–Kier alpha value is -2.08. The second-order valence-electron chi connectivity index (χ2n) is 5.02. The van der Waals surface area contributed by atoms with Gasteiger partial charge in [0.1, 0.15) is 5.82 Å². The van der Waals surface area contributed by atoms with Crippen LogP contribution < -0.4 is 0 Å². The first-order valence-corrected chi connectivity index (χ1v) is 6.56. The van der Waals surface area contributed by atoms with Crippen LogP contribution in [0.2, 0.25) is 0 Å². The predicted octanol–water partition coefficient (Wildman–Crippen LogP) is 3.10. The number of hydroxylamine groups is 2. The number of carbonyl (C=O) groups is 1. The molecule has 1 aromatic heterocycles. The number of hydrogen-bond donors (Lipinski definition) is 2. The standard InChI is InChI=1S/C14H15FN2O3/c15-10-3-4-13-11(6-10)12(7-16-13)9-2-1-5-17(8-9)20-14(18)19/h3-4,6-7,9,16H,1-2,5,8H2,(H,18,19). The molecule has 1 aromatic carbocycles. The normalized spacial score (nSPS) is 20.1. The third kappa shape index (κ3) is 2.46. The van der Waals surface area contributed by atoms with Crippen molar-refractivity contribution in [2.24, 2.45) is 0 Å². The van der Waals surface area contributed by atoms with Crippen LogP contribution in [0.15, 0.2) is 24.4 Å². The molecule has 0 aliphatic carbocycles. The van der Waals surface area contributed by atoms with E-state index in [2.05, 4.69) is 4.98 Å². The molecule has 2 heterocycles. The van der Waals surface area contributed by atoms with Crippen molar-refractivity contribution in [2.75, 3.05) is 13.1 Å². The smallest absolute Gasteiger partial charge is 0.448 e. The molecule has 0 amide bonds. The number of piperidine rings is 1. The minimum absolute atomic E-state index is 0.138. The molecule has 2 N–H and O–H groups in total. The third-order valence-electron chi connectivity index (χ3n) is 3.71. The molecular formula is C14H15FN2O3.